The summed E-state index contributed by atoms with van der Waals surface area (Å²) >= 11 is 0. The highest BCUT2D eigenvalue weighted by atomic mass is 19.1. The van der Waals surface area contributed by atoms with E-state index >= 15 is 0 Å². The Bertz CT molecular complexity index is 378. The standard InChI is InChI=1S/C11H13F2NO2/c1-3-14(4-2)11(15)16-10-7-8(12)5-6-9(10)13/h5-7H,3-4H2,1-2H3. The van der Waals surface area contributed by atoms with Gasteiger partial charge >= 0.3 is 6.09 Å². The van der Waals surface area contributed by atoms with Crippen LogP contribution >= 0.6 is 0 Å². The first-order valence-corrected chi connectivity index (χ1v) is 5.00. The van der Waals surface area contributed by atoms with E-state index in [0.717, 1.165) is 18.2 Å². The predicted octanol–water partition coefficient (Wildman–Crippen LogP) is 2.81. The zero-order valence-corrected chi connectivity index (χ0v) is 9.17. The topological polar surface area (TPSA) is 29.5 Å². The maximum absolute atomic E-state index is 13.1. The zero-order chi connectivity index (χ0) is 12.1. The maximum atomic E-state index is 13.1. The third-order valence-corrected chi connectivity index (χ3v) is 2.11. The monoisotopic (exact) mass is 229 g/mol. The summed E-state index contributed by atoms with van der Waals surface area (Å²) in [7, 11) is 0. The Kier molecular flexibility index (Phi) is 4.22. The van der Waals surface area contributed by atoms with Gasteiger partial charge in [0.2, 0.25) is 0 Å². The van der Waals surface area contributed by atoms with Crippen molar-refractivity contribution >= 4 is 6.09 Å². The molecule has 0 spiro atoms. The average molecular weight is 229 g/mol. The first-order valence-electron chi connectivity index (χ1n) is 5.00. The number of rotatable bonds is 3. The van der Waals surface area contributed by atoms with Crippen LogP contribution in [0, 0.1) is 11.6 Å². The molecule has 3 nitrogen and oxygen atoms in total. The molecule has 1 aromatic rings. The molecule has 1 aromatic carbocycles. The number of hydrogen-bond acceptors (Lipinski definition) is 2. The van der Waals surface area contributed by atoms with Crippen molar-refractivity contribution in [1.82, 2.24) is 4.90 Å². The lowest BCUT2D eigenvalue weighted by atomic mass is 10.3. The molecule has 1 amide bonds. The van der Waals surface area contributed by atoms with Crippen LogP contribution in [-0.4, -0.2) is 24.1 Å². The lowest BCUT2D eigenvalue weighted by Crippen LogP contribution is -2.33. The molecule has 0 saturated heterocycles. The van der Waals surface area contributed by atoms with Gasteiger partial charge in [-0.05, 0) is 26.0 Å². The summed E-state index contributed by atoms with van der Waals surface area (Å²) < 4.78 is 30.7. The van der Waals surface area contributed by atoms with Gasteiger partial charge in [0.25, 0.3) is 0 Å². The minimum absolute atomic E-state index is 0.392. The molecule has 1 rings (SSSR count). The zero-order valence-electron chi connectivity index (χ0n) is 9.17. The van der Waals surface area contributed by atoms with Crippen molar-refractivity contribution in [2.45, 2.75) is 13.8 Å². The Balaban J connectivity index is 2.80. The fourth-order valence-electron chi connectivity index (χ4n) is 1.20. The SMILES string of the molecule is CCN(CC)C(=O)Oc1cc(F)ccc1F. The first kappa shape index (κ1) is 12.4. The van der Waals surface area contributed by atoms with Gasteiger partial charge in [0, 0.05) is 19.2 Å². The van der Waals surface area contributed by atoms with E-state index in [1.165, 1.54) is 4.90 Å². The minimum Gasteiger partial charge on any atom is -0.407 e. The molecular formula is C11H13F2NO2. The molecule has 0 N–H and O–H groups in total. The second kappa shape index (κ2) is 5.44. The third-order valence-electron chi connectivity index (χ3n) is 2.11. The van der Waals surface area contributed by atoms with Crippen LogP contribution in [0.1, 0.15) is 13.8 Å². The summed E-state index contributed by atoms with van der Waals surface area (Å²) in [6.45, 7) is 4.44. The van der Waals surface area contributed by atoms with Crippen LogP contribution in [0.25, 0.3) is 0 Å². The Morgan fingerprint density at radius 3 is 2.50 bits per heavy atom. The molecular weight excluding hydrogens is 216 g/mol. The summed E-state index contributed by atoms with van der Waals surface area (Å²) in [6, 6.07) is 2.72. The summed E-state index contributed by atoms with van der Waals surface area (Å²) in [5, 5.41) is 0. The molecule has 0 aliphatic carbocycles. The van der Waals surface area contributed by atoms with Crippen LogP contribution in [0.4, 0.5) is 13.6 Å². The molecule has 0 radical (unpaired) electrons. The van der Waals surface area contributed by atoms with Crippen LogP contribution in [-0.2, 0) is 0 Å². The van der Waals surface area contributed by atoms with Gasteiger partial charge in [0.1, 0.15) is 5.82 Å². The van der Waals surface area contributed by atoms with Crippen molar-refractivity contribution in [2.75, 3.05) is 13.1 Å². The number of nitrogens with zero attached hydrogens (tertiary/aromatic N) is 1. The summed E-state index contributed by atoms with van der Waals surface area (Å²) in [6.07, 6.45) is -0.686. The largest absolute Gasteiger partial charge is 0.415 e. The van der Waals surface area contributed by atoms with Crippen molar-refractivity contribution in [3.05, 3.63) is 29.8 Å². The molecule has 0 fully saturated rings. The molecule has 0 atom stereocenters. The van der Waals surface area contributed by atoms with Gasteiger partial charge in [-0.15, -0.1) is 0 Å². The van der Waals surface area contributed by atoms with Crippen LogP contribution in [0.2, 0.25) is 0 Å². The molecule has 0 bridgehead atoms. The lowest BCUT2D eigenvalue weighted by molar-refractivity contribution is 0.155. The van der Waals surface area contributed by atoms with Gasteiger partial charge in [-0.1, -0.05) is 0 Å². The average Bonchev–Trinajstić information content (AvgIpc) is 2.25. The predicted molar refractivity (Wildman–Crippen MR) is 55.3 cm³/mol. The van der Waals surface area contributed by atoms with Crippen molar-refractivity contribution in [1.29, 1.82) is 0 Å². The highest BCUT2D eigenvalue weighted by Gasteiger charge is 2.14. The summed E-state index contributed by atoms with van der Waals surface area (Å²) in [5.74, 6) is -1.80. The molecule has 0 heterocycles. The van der Waals surface area contributed by atoms with Gasteiger partial charge in [-0.25, -0.2) is 13.6 Å². The second-order valence-corrected chi connectivity index (χ2v) is 3.12. The number of ether oxygens (including phenoxy) is 1. The quantitative estimate of drug-likeness (QED) is 0.797. The third kappa shape index (κ3) is 2.92. The van der Waals surface area contributed by atoms with Crippen molar-refractivity contribution in [3.63, 3.8) is 0 Å². The Hall–Kier alpha value is -1.65. The maximum Gasteiger partial charge on any atom is 0.415 e. The van der Waals surface area contributed by atoms with E-state index in [4.69, 9.17) is 4.74 Å². The minimum atomic E-state index is -0.762. The molecule has 88 valence electrons. The molecule has 5 heteroatoms. The fraction of sp³-hybridized carbons (Fsp3) is 0.364. The number of halogens is 2. The Morgan fingerprint density at radius 2 is 1.94 bits per heavy atom. The summed E-state index contributed by atoms with van der Waals surface area (Å²) in [5.41, 5.74) is 0. The second-order valence-electron chi connectivity index (χ2n) is 3.12. The lowest BCUT2D eigenvalue weighted by Gasteiger charge is -2.17. The number of benzene rings is 1. The van der Waals surface area contributed by atoms with Gasteiger partial charge in [-0.3, -0.25) is 0 Å². The van der Waals surface area contributed by atoms with E-state index in [9.17, 15) is 13.6 Å². The normalized spacial score (nSPS) is 10.0. The Morgan fingerprint density at radius 1 is 1.31 bits per heavy atom. The van der Waals surface area contributed by atoms with Crippen LogP contribution in [0.3, 0.4) is 0 Å². The van der Waals surface area contributed by atoms with Gasteiger partial charge < -0.3 is 9.64 Å². The van der Waals surface area contributed by atoms with Crippen molar-refractivity contribution < 1.29 is 18.3 Å². The molecule has 0 aliphatic rings. The molecule has 16 heavy (non-hydrogen) atoms. The van der Waals surface area contributed by atoms with E-state index in [1.807, 2.05) is 0 Å². The first-order chi connectivity index (χ1) is 7.58. The Labute approximate surface area is 92.6 Å². The molecule has 0 unspecified atom stereocenters. The van der Waals surface area contributed by atoms with Crippen LogP contribution < -0.4 is 4.74 Å². The van der Waals surface area contributed by atoms with Crippen LogP contribution in [0.15, 0.2) is 18.2 Å². The molecule has 0 saturated carbocycles. The van der Waals surface area contributed by atoms with E-state index in [-0.39, 0.29) is 0 Å². The van der Waals surface area contributed by atoms with E-state index in [2.05, 4.69) is 0 Å². The molecule has 0 aliphatic heterocycles. The smallest absolute Gasteiger partial charge is 0.407 e. The highest BCUT2D eigenvalue weighted by Crippen LogP contribution is 2.18. The number of hydrogen-bond donors (Lipinski definition) is 0. The number of carbonyl (C=O) groups excluding carboxylic acids is 1. The van der Waals surface area contributed by atoms with Crippen molar-refractivity contribution in [2.24, 2.45) is 0 Å². The number of amides is 1. The van der Waals surface area contributed by atoms with E-state index in [0.29, 0.717) is 13.1 Å². The van der Waals surface area contributed by atoms with E-state index in [1.54, 1.807) is 13.8 Å². The van der Waals surface area contributed by atoms with Gasteiger partial charge in [0.15, 0.2) is 11.6 Å². The molecule has 0 aromatic heterocycles. The highest BCUT2D eigenvalue weighted by molar-refractivity contribution is 5.70. The number of carbonyl (C=O) groups is 1. The van der Waals surface area contributed by atoms with E-state index < -0.39 is 23.5 Å². The van der Waals surface area contributed by atoms with Gasteiger partial charge in [-0.2, -0.15) is 0 Å². The van der Waals surface area contributed by atoms with Crippen LogP contribution in [0.5, 0.6) is 5.75 Å². The summed E-state index contributed by atoms with van der Waals surface area (Å²) in [4.78, 5) is 12.8. The fourth-order valence-corrected chi connectivity index (χ4v) is 1.20. The van der Waals surface area contributed by atoms with Gasteiger partial charge in [0.05, 0.1) is 0 Å². The van der Waals surface area contributed by atoms with Crippen molar-refractivity contribution in [3.8, 4) is 5.75 Å².